The number of hydrogen-bond donors (Lipinski definition) is 2. The molecule has 156 valence electrons. The number of aryl methyl sites for hydroxylation is 1. The van der Waals surface area contributed by atoms with Crippen LogP contribution in [0.3, 0.4) is 0 Å². The van der Waals surface area contributed by atoms with Gasteiger partial charge in [0, 0.05) is 42.5 Å². The summed E-state index contributed by atoms with van der Waals surface area (Å²) in [6, 6.07) is 8.00. The molecule has 0 fully saturated rings. The summed E-state index contributed by atoms with van der Waals surface area (Å²) >= 11 is 1.65. The van der Waals surface area contributed by atoms with Gasteiger partial charge in [-0.25, -0.2) is 18.6 Å². The molecule has 0 spiro atoms. The van der Waals surface area contributed by atoms with E-state index in [1.165, 1.54) is 21.6 Å². The van der Waals surface area contributed by atoms with Crippen LogP contribution in [0.1, 0.15) is 11.3 Å². The van der Waals surface area contributed by atoms with E-state index in [1.807, 2.05) is 28.3 Å². The Labute approximate surface area is 175 Å². The number of aromatic nitrogens is 4. The van der Waals surface area contributed by atoms with Crippen molar-refractivity contribution in [3.8, 4) is 11.3 Å². The Morgan fingerprint density at radius 2 is 2.07 bits per heavy atom. The second-order valence-electron chi connectivity index (χ2n) is 6.82. The Morgan fingerprint density at radius 3 is 2.83 bits per heavy atom. The zero-order valence-corrected chi connectivity index (χ0v) is 17.0. The van der Waals surface area contributed by atoms with Crippen LogP contribution in [0.15, 0.2) is 59.2 Å². The fourth-order valence-electron chi connectivity index (χ4n) is 3.37. The summed E-state index contributed by atoms with van der Waals surface area (Å²) in [4.78, 5) is 20.6. The molecule has 0 aliphatic rings. The van der Waals surface area contributed by atoms with Gasteiger partial charge < -0.3 is 9.88 Å². The van der Waals surface area contributed by atoms with Crippen molar-refractivity contribution in [1.82, 2.24) is 19.1 Å². The molecule has 30 heavy (non-hydrogen) atoms. The van der Waals surface area contributed by atoms with Crippen molar-refractivity contribution in [2.45, 2.75) is 25.9 Å². The van der Waals surface area contributed by atoms with Crippen molar-refractivity contribution in [1.29, 1.82) is 0 Å². The topological polar surface area (TPSA) is 67.6 Å². The number of nitrogens with one attached hydrogen (secondary N) is 2. The average molecular weight is 429 g/mol. The molecule has 6 nitrogen and oxygen atoms in total. The number of halogens is 2. The monoisotopic (exact) mass is 429 g/mol. The molecule has 0 amide bonds. The van der Waals surface area contributed by atoms with Crippen LogP contribution in [-0.2, 0) is 19.5 Å². The summed E-state index contributed by atoms with van der Waals surface area (Å²) in [5.41, 5.74) is 0.0151. The van der Waals surface area contributed by atoms with E-state index in [9.17, 15) is 13.6 Å². The smallest absolute Gasteiger partial charge is 0.327 e. The minimum absolute atomic E-state index is 0.0506. The van der Waals surface area contributed by atoms with E-state index in [-0.39, 0.29) is 11.3 Å². The van der Waals surface area contributed by atoms with Crippen LogP contribution < -0.4 is 11.0 Å². The first kappa shape index (κ1) is 20.1. The quantitative estimate of drug-likeness (QED) is 0.421. The molecule has 0 saturated heterocycles. The predicted octanol–water partition coefficient (Wildman–Crippen LogP) is 4.12. The molecular weight excluding hydrogens is 408 g/mol. The van der Waals surface area contributed by atoms with Crippen LogP contribution in [0.4, 0.5) is 14.6 Å². The van der Waals surface area contributed by atoms with Crippen molar-refractivity contribution >= 4 is 17.2 Å². The molecule has 0 aliphatic carbocycles. The summed E-state index contributed by atoms with van der Waals surface area (Å²) in [5, 5.41) is 5.19. The first-order valence-corrected chi connectivity index (χ1v) is 10.5. The highest BCUT2D eigenvalue weighted by molar-refractivity contribution is 7.09. The van der Waals surface area contributed by atoms with Gasteiger partial charge >= 0.3 is 5.69 Å². The molecule has 0 saturated carbocycles. The zero-order valence-electron chi connectivity index (χ0n) is 16.1. The molecule has 0 bridgehead atoms. The summed E-state index contributed by atoms with van der Waals surface area (Å²) in [6.07, 6.45) is 6.62. The van der Waals surface area contributed by atoms with E-state index >= 15 is 0 Å². The van der Waals surface area contributed by atoms with E-state index in [0.29, 0.717) is 37.6 Å². The van der Waals surface area contributed by atoms with Gasteiger partial charge in [-0.3, -0.25) is 9.55 Å². The largest absolute Gasteiger partial charge is 0.369 e. The van der Waals surface area contributed by atoms with Crippen LogP contribution in [0.5, 0.6) is 0 Å². The fraction of sp³-hybridized carbons (Fsp3) is 0.238. The minimum atomic E-state index is -0.971. The molecule has 4 rings (SSSR count). The van der Waals surface area contributed by atoms with Gasteiger partial charge in [0.05, 0.1) is 12.0 Å². The molecule has 3 heterocycles. The van der Waals surface area contributed by atoms with Crippen molar-refractivity contribution in [2.75, 3.05) is 11.9 Å². The highest BCUT2D eigenvalue weighted by atomic mass is 32.1. The number of anilines is 1. The molecule has 0 unspecified atom stereocenters. The van der Waals surface area contributed by atoms with Gasteiger partial charge in [-0.05, 0) is 36.4 Å². The number of thiophene rings is 1. The third-order valence-electron chi connectivity index (χ3n) is 4.80. The van der Waals surface area contributed by atoms with Gasteiger partial charge in [0.15, 0.2) is 11.6 Å². The second-order valence-corrected chi connectivity index (χ2v) is 7.85. The molecule has 0 aliphatic heterocycles. The highest BCUT2D eigenvalue weighted by Crippen LogP contribution is 2.29. The Morgan fingerprint density at radius 1 is 1.17 bits per heavy atom. The lowest BCUT2D eigenvalue weighted by molar-refractivity contribution is 0.508. The summed E-state index contributed by atoms with van der Waals surface area (Å²) in [6.45, 7) is 1.56. The molecule has 3 aromatic heterocycles. The summed E-state index contributed by atoms with van der Waals surface area (Å²) < 4.78 is 31.9. The van der Waals surface area contributed by atoms with E-state index in [2.05, 4.69) is 15.3 Å². The van der Waals surface area contributed by atoms with E-state index < -0.39 is 11.6 Å². The van der Waals surface area contributed by atoms with Crippen LogP contribution >= 0.6 is 11.3 Å². The van der Waals surface area contributed by atoms with Gasteiger partial charge in [-0.1, -0.05) is 12.1 Å². The van der Waals surface area contributed by atoms with Crippen LogP contribution in [-0.4, -0.2) is 25.6 Å². The van der Waals surface area contributed by atoms with Crippen molar-refractivity contribution in [3.63, 3.8) is 0 Å². The lowest BCUT2D eigenvalue weighted by Crippen LogP contribution is -2.19. The van der Waals surface area contributed by atoms with Gasteiger partial charge in [0.25, 0.3) is 0 Å². The molecule has 1 aromatic carbocycles. The summed E-state index contributed by atoms with van der Waals surface area (Å²) in [5.74, 6) is -1.53. The number of benzene rings is 1. The molecular formula is C21H21F2N5OS. The third kappa shape index (κ3) is 4.35. The lowest BCUT2D eigenvalue weighted by Gasteiger charge is -2.12. The molecule has 4 aromatic rings. The van der Waals surface area contributed by atoms with Gasteiger partial charge in [0.1, 0.15) is 5.82 Å². The zero-order chi connectivity index (χ0) is 20.9. The van der Waals surface area contributed by atoms with E-state index in [0.717, 1.165) is 12.5 Å². The Kier molecular flexibility index (Phi) is 6.08. The Bertz CT molecular complexity index is 1150. The van der Waals surface area contributed by atoms with Crippen molar-refractivity contribution in [3.05, 3.63) is 81.4 Å². The normalized spacial score (nSPS) is 11.1. The molecule has 9 heteroatoms. The fourth-order valence-corrected chi connectivity index (χ4v) is 4.08. The van der Waals surface area contributed by atoms with Crippen LogP contribution in [0.2, 0.25) is 0 Å². The number of hydrogen-bond acceptors (Lipinski definition) is 4. The molecule has 2 N–H and O–H groups in total. The number of imidazole rings is 2. The Balaban J connectivity index is 1.61. The predicted molar refractivity (Wildman–Crippen MR) is 114 cm³/mol. The van der Waals surface area contributed by atoms with E-state index in [1.54, 1.807) is 23.9 Å². The minimum Gasteiger partial charge on any atom is -0.369 e. The average Bonchev–Trinajstić information content (AvgIpc) is 3.48. The second kappa shape index (κ2) is 9.08. The van der Waals surface area contributed by atoms with Gasteiger partial charge in [-0.2, -0.15) is 0 Å². The maximum absolute atomic E-state index is 14.6. The van der Waals surface area contributed by atoms with Crippen LogP contribution in [0, 0.1) is 11.6 Å². The maximum Gasteiger partial charge on any atom is 0.327 e. The Hall–Kier alpha value is -3.20. The van der Waals surface area contributed by atoms with Gasteiger partial charge in [0.2, 0.25) is 0 Å². The lowest BCUT2D eigenvalue weighted by atomic mass is 10.1. The number of aromatic amines is 1. The first-order chi connectivity index (χ1) is 14.6. The third-order valence-corrected chi connectivity index (χ3v) is 5.74. The number of H-pyrrole nitrogens is 1. The van der Waals surface area contributed by atoms with Gasteiger partial charge in [-0.15, -0.1) is 11.3 Å². The number of rotatable bonds is 9. The highest BCUT2D eigenvalue weighted by Gasteiger charge is 2.20. The van der Waals surface area contributed by atoms with Crippen molar-refractivity contribution < 1.29 is 8.78 Å². The van der Waals surface area contributed by atoms with E-state index in [4.69, 9.17) is 0 Å². The number of nitrogens with zero attached hydrogens (tertiary/aromatic N) is 3. The summed E-state index contributed by atoms with van der Waals surface area (Å²) in [7, 11) is 0. The standard InChI is InChI=1S/C21H21F2N5OS/c22-17-6-1-5-16(18(17)23)19-20(25-8-7-15-4-2-13-30-15)26-21(29)28(19)11-3-10-27-12-9-24-14-27/h1-2,4-6,9,12-14,25H,3,7-8,10-11H2,(H,26,29). The van der Waals surface area contributed by atoms with Crippen molar-refractivity contribution in [2.24, 2.45) is 0 Å². The SMILES string of the molecule is O=c1[nH]c(NCCc2cccs2)c(-c2cccc(F)c2F)n1CCCn1ccnc1. The molecule has 0 atom stereocenters. The van der Waals surface area contributed by atoms with Crippen LogP contribution in [0.25, 0.3) is 11.3 Å². The first-order valence-electron chi connectivity index (χ1n) is 9.62. The maximum atomic E-state index is 14.6. The molecule has 0 radical (unpaired) electrons.